The number of cyclic esters (lactones) is 1. The summed E-state index contributed by atoms with van der Waals surface area (Å²) >= 11 is 5.89. The zero-order valence-corrected chi connectivity index (χ0v) is 14.2. The largest absolute Gasteiger partial charge is 0.448 e. The van der Waals surface area contributed by atoms with Crippen LogP contribution < -0.4 is 11.1 Å². The van der Waals surface area contributed by atoms with Crippen molar-refractivity contribution in [1.82, 2.24) is 14.8 Å². The lowest BCUT2D eigenvalue weighted by atomic mass is 10.1. The van der Waals surface area contributed by atoms with Gasteiger partial charge in [0, 0.05) is 5.02 Å². The number of carbonyl (C=O) groups excluding carboxylic acids is 1. The van der Waals surface area contributed by atoms with E-state index in [0.717, 1.165) is 5.56 Å². The summed E-state index contributed by atoms with van der Waals surface area (Å²) in [5.74, 6) is -0.0870. The molecule has 0 bridgehead atoms. The van der Waals surface area contributed by atoms with Crippen LogP contribution >= 0.6 is 11.6 Å². The SMILES string of the molecule is Nc1nc(NC2=CC(c3ccccc3)OC2=O)nn1-c1ccc(Cl)cc1. The number of benzene rings is 2. The average molecular weight is 368 g/mol. The molecule has 3 N–H and O–H groups in total. The minimum atomic E-state index is -0.472. The van der Waals surface area contributed by atoms with Crippen LogP contribution in [-0.2, 0) is 9.53 Å². The molecule has 0 amide bonds. The third-order valence-electron chi connectivity index (χ3n) is 3.85. The lowest BCUT2D eigenvalue weighted by molar-refractivity contribution is -0.139. The van der Waals surface area contributed by atoms with Crippen LogP contribution in [0.3, 0.4) is 0 Å². The summed E-state index contributed by atoms with van der Waals surface area (Å²) in [4.78, 5) is 16.2. The van der Waals surface area contributed by atoms with E-state index in [1.165, 1.54) is 4.68 Å². The molecule has 1 aliphatic rings. The Hall–Kier alpha value is -3.32. The van der Waals surface area contributed by atoms with Crippen molar-refractivity contribution in [2.24, 2.45) is 0 Å². The summed E-state index contributed by atoms with van der Waals surface area (Å²) in [6, 6.07) is 16.5. The molecule has 7 nitrogen and oxygen atoms in total. The van der Waals surface area contributed by atoms with Crippen LogP contribution in [0.1, 0.15) is 11.7 Å². The number of nitrogens with one attached hydrogen (secondary N) is 1. The fourth-order valence-electron chi connectivity index (χ4n) is 2.60. The Morgan fingerprint density at radius 3 is 2.58 bits per heavy atom. The minimum Gasteiger partial charge on any atom is -0.448 e. The lowest BCUT2D eigenvalue weighted by Gasteiger charge is -2.06. The second-order valence-electron chi connectivity index (χ2n) is 5.62. The van der Waals surface area contributed by atoms with Crippen LogP contribution in [-0.4, -0.2) is 20.7 Å². The first-order valence-electron chi connectivity index (χ1n) is 7.83. The number of esters is 1. The Balaban J connectivity index is 1.57. The lowest BCUT2D eigenvalue weighted by Crippen LogP contribution is -2.10. The normalized spacial score (nSPS) is 16.3. The summed E-state index contributed by atoms with van der Waals surface area (Å²) in [6.07, 6.45) is 1.25. The molecule has 3 aromatic rings. The van der Waals surface area contributed by atoms with Crippen LogP contribution in [0.25, 0.3) is 5.69 Å². The summed E-state index contributed by atoms with van der Waals surface area (Å²) < 4.78 is 6.82. The van der Waals surface area contributed by atoms with Gasteiger partial charge in [-0.25, -0.2) is 4.79 Å². The van der Waals surface area contributed by atoms with Gasteiger partial charge < -0.3 is 15.8 Å². The molecule has 2 aromatic carbocycles. The van der Waals surface area contributed by atoms with E-state index < -0.39 is 12.1 Å². The number of halogens is 1. The van der Waals surface area contributed by atoms with Crippen molar-refractivity contribution in [2.45, 2.75) is 6.10 Å². The second-order valence-corrected chi connectivity index (χ2v) is 6.06. The highest BCUT2D eigenvalue weighted by Crippen LogP contribution is 2.28. The second kappa shape index (κ2) is 6.53. The van der Waals surface area contributed by atoms with Gasteiger partial charge in [-0.3, -0.25) is 0 Å². The molecule has 1 aromatic heterocycles. The van der Waals surface area contributed by atoms with Gasteiger partial charge in [0.2, 0.25) is 11.9 Å². The molecule has 0 aliphatic carbocycles. The molecule has 0 fully saturated rings. The number of aromatic nitrogens is 3. The van der Waals surface area contributed by atoms with Gasteiger partial charge in [0.05, 0.1) is 5.69 Å². The molecule has 1 atom stereocenters. The van der Waals surface area contributed by atoms with Gasteiger partial charge in [-0.2, -0.15) is 9.67 Å². The van der Waals surface area contributed by atoms with Gasteiger partial charge in [-0.1, -0.05) is 41.9 Å². The molecule has 1 unspecified atom stereocenters. The summed E-state index contributed by atoms with van der Waals surface area (Å²) in [6.45, 7) is 0. The molecule has 0 spiro atoms. The topological polar surface area (TPSA) is 95.1 Å². The van der Waals surface area contributed by atoms with E-state index in [2.05, 4.69) is 15.4 Å². The van der Waals surface area contributed by atoms with E-state index in [0.29, 0.717) is 10.7 Å². The maximum Gasteiger partial charge on any atom is 0.355 e. The highest BCUT2D eigenvalue weighted by Gasteiger charge is 2.27. The van der Waals surface area contributed by atoms with E-state index in [4.69, 9.17) is 22.1 Å². The molecule has 0 saturated carbocycles. The van der Waals surface area contributed by atoms with Crippen molar-refractivity contribution >= 4 is 29.5 Å². The highest BCUT2D eigenvalue weighted by molar-refractivity contribution is 6.30. The van der Waals surface area contributed by atoms with Crippen molar-refractivity contribution in [1.29, 1.82) is 0 Å². The monoisotopic (exact) mass is 367 g/mol. The number of anilines is 2. The number of rotatable bonds is 4. The molecule has 26 heavy (non-hydrogen) atoms. The van der Waals surface area contributed by atoms with Gasteiger partial charge in [0.1, 0.15) is 11.8 Å². The van der Waals surface area contributed by atoms with Gasteiger partial charge >= 0.3 is 5.97 Å². The van der Waals surface area contributed by atoms with E-state index >= 15 is 0 Å². The first kappa shape index (κ1) is 16.2. The molecule has 8 heteroatoms. The van der Waals surface area contributed by atoms with Crippen molar-refractivity contribution in [2.75, 3.05) is 11.1 Å². The standard InChI is InChI=1S/C18H14ClN5O2/c19-12-6-8-13(9-7-12)24-17(20)22-18(23-24)21-14-10-15(26-16(14)25)11-4-2-1-3-5-11/h1-10,15H,(H3,20,21,22,23). The molecule has 2 heterocycles. The number of nitrogens with zero attached hydrogens (tertiary/aromatic N) is 3. The first-order chi connectivity index (χ1) is 12.6. The molecular weight excluding hydrogens is 354 g/mol. The molecule has 0 saturated heterocycles. The molecular formula is C18H14ClN5O2. The number of hydrogen-bond acceptors (Lipinski definition) is 6. The Morgan fingerprint density at radius 1 is 1.12 bits per heavy atom. The van der Waals surface area contributed by atoms with E-state index in [9.17, 15) is 4.79 Å². The van der Waals surface area contributed by atoms with E-state index in [1.54, 1.807) is 30.3 Å². The Bertz CT molecular complexity index is 983. The summed E-state index contributed by atoms with van der Waals surface area (Å²) in [7, 11) is 0. The predicted octanol–water partition coefficient (Wildman–Crippen LogP) is 3.10. The van der Waals surface area contributed by atoms with Crippen LogP contribution in [0.5, 0.6) is 0 Å². The molecule has 4 rings (SSSR count). The Morgan fingerprint density at radius 2 is 1.85 bits per heavy atom. The summed E-state index contributed by atoms with van der Waals surface area (Å²) in [5.41, 5.74) is 7.78. The van der Waals surface area contributed by atoms with E-state index in [1.807, 2.05) is 30.3 Å². The zero-order valence-electron chi connectivity index (χ0n) is 13.5. The Labute approximate surface area is 154 Å². The third kappa shape index (κ3) is 3.12. The van der Waals surface area contributed by atoms with Gasteiger partial charge in [0.25, 0.3) is 0 Å². The van der Waals surface area contributed by atoms with Crippen LogP contribution in [0.15, 0.2) is 66.4 Å². The van der Waals surface area contributed by atoms with Crippen molar-refractivity contribution < 1.29 is 9.53 Å². The van der Waals surface area contributed by atoms with Gasteiger partial charge in [-0.05, 0) is 35.9 Å². The number of ether oxygens (including phenoxy) is 1. The number of nitrogens with two attached hydrogens (primary N) is 1. The third-order valence-corrected chi connectivity index (χ3v) is 4.10. The highest BCUT2D eigenvalue weighted by atomic mass is 35.5. The van der Waals surface area contributed by atoms with Gasteiger partial charge in [-0.15, -0.1) is 5.10 Å². The van der Waals surface area contributed by atoms with Crippen LogP contribution in [0.4, 0.5) is 11.9 Å². The quantitative estimate of drug-likeness (QED) is 0.688. The van der Waals surface area contributed by atoms with Crippen LogP contribution in [0, 0.1) is 0 Å². The van der Waals surface area contributed by atoms with Crippen molar-refractivity contribution in [3.63, 3.8) is 0 Å². The Kier molecular flexibility index (Phi) is 4.06. The van der Waals surface area contributed by atoms with E-state index in [-0.39, 0.29) is 17.6 Å². The summed E-state index contributed by atoms with van der Waals surface area (Å²) in [5, 5.41) is 7.76. The van der Waals surface area contributed by atoms with Crippen molar-refractivity contribution in [3.8, 4) is 5.69 Å². The molecule has 1 aliphatic heterocycles. The van der Waals surface area contributed by atoms with Crippen LogP contribution in [0.2, 0.25) is 5.02 Å². The predicted molar refractivity (Wildman–Crippen MR) is 97.8 cm³/mol. The van der Waals surface area contributed by atoms with Crippen molar-refractivity contribution in [3.05, 3.63) is 77.0 Å². The minimum absolute atomic E-state index is 0.182. The zero-order chi connectivity index (χ0) is 18.1. The fraction of sp³-hybridized carbons (Fsp3) is 0.0556. The number of hydrogen-bond donors (Lipinski definition) is 2. The molecule has 130 valence electrons. The smallest absolute Gasteiger partial charge is 0.355 e. The molecule has 0 radical (unpaired) electrons. The maximum atomic E-state index is 12.1. The number of carbonyl (C=O) groups is 1. The van der Waals surface area contributed by atoms with Gasteiger partial charge in [0.15, 0.2) is 0 Å². The maximum absolute atomic E-state index is 12.1. The average Bonchev–Trinajstić information content (AvgIpc) is 3.20. The first-order valence-corrected chi connectivity index (χ1v) is 8.21. The number of nitrogen functional groups attached to an aromatic ring is 1. The fourth-order valence-corrected chi connectivity index (χ4v) is 2.73.